The lowest BCUT2D eigenvalue weighted by molar-refractivity contribution is -0.128. The number of urea groups is 1. The second-order valence-corrected chi connectivity index (χ2v) is 7.14. The number of benzene rings is 1. The molecule has 0 radical (unpaired) electrons. The van der Waals surface area contributed by atoms with Crippen molar-refractivity contribution < 1.29 is 19.1 Å². The number of nitrogens with zero attached hydrogens (tertiary/aromatic N) is 2. The number of nitrogens with one attached hydrogen (secondary N) is 2. The van der Waals surface area contributed by atoms with Crippen LogP contribution in [0.15, 0.2) is 24.3 Å². The Bertz CT molecular complexity index is 647. The minimum atomic E-state index is -0.609. The number of aliphatic hydroxyl groups is 1. The quantitative estimate of drug-likeness (QED) is 0.704. The van der Waals surface area contributed by atoms with Crippen molar-refractivity contribution in [3.8, 4) is 0 Å². The molecule has 2 fully saturated rings. The Morgan fingerprint density at radius 3 is 2.59 bits per heavy atom. The summed E-state index contributed by atoms with van der Waals surface area (Å²) in [6.07, 6.45) is 1.91. The van der Waals surface area contributed by atoms with E-state index in [1.165, 1.54) is 17.0 Å². The summed E-state index contributed by atoms with van der Waals surface area (Å²) < 4.78 is 13.0. The molecule has 2 saturated heterocycles. The monoisotopic (exact) mass is 378 g/mol. The van der Waals surface area contributed by atoms with E-state index in [0.717, 1.165) is 38.0 Å². The van der Waals surface area contributed by atoms with Crippen LogP contribution in [0.4, 0.5) is 9.18 Å². The van der Waals surface area contributed by atoms with Crippen LogP contribution in [0.2, 0.25) is 0 Å². The van der Waals surface area contributed by atoms with E-state index < -0.39 is 6.04 Å². The number of hydrogen-bond acceptors (Lipinski definition) is 4. The maximum absolute atomic E-state index is 13.0. The molecule has 1 aromatic carbocycles. The van der Waals surface area contributed by atoms with Crippen LogP contribution in [0.3, 0.4) is 0 Å². The molecule has 3 N–H and O–H groups in total. The number of hydrogen-bond donors (Lipinski definition) is 3. The minimum absolute atomic E-state index is 0.0710. The molecular formula is C19H27FN4O3. The normalized spacial score (nSPS) is 21.8. The van der Waals surface area contributed by atoms with Gasteiger partial charge in [0.2, 0.25) is 5.91 Å². The van der Waals surface area contributed by atoms with Crippen molar-refractivity contribution >= 4 is 11.9 Å². The summed E-state index contributed by atoms with van der Waals surface area (Å²) in [4.78, 5) is 28.4. The molecule has 1 aromatic rings. The first-order chi connectivity index (χ1) is 13.1. The molecule has 2 aliphatic heterocycles. The highest BCUT2D eigenvalue weighted by Crippen LogP contribution is 2.16. The fourth-order valence-electron chi connectivity index (χ4n) is 3.71. The molecule has 3 rings (SSSR count). The fourth-order valence-corrected chi connectivity index (χ4v) is 3.71. The van der Waals surface area contributed by atoms with Gasteiger partial charge in [0.15, 0.2) is 0 Å². The lowest BCUT2D eigenvalue weighted by Gasteiger charge is -2.37. The predicted molar refractivity (Wildman–Crippen MR) is 98.4 cm³/mol. The lowest BCUT2D eigenvalue weighted by atomic mass is 10.0. The first-order valence-electron chi connectivity index (χ1n) is 9.49. The topological polar surface area (TPSA) is 84.9 Å². The van der Waals surface area contributed by atoms with Crippen molar-refractivity contribution in [2.45, 2.75) is 37.9 Å². The van der Waals surface area contributed by atoms with Crippen LogP contribution in [-0.2, 0) is 11.3 Å². The van der Waals surface area contributed by atoms with Crippen LogP contribution in [-0.4, -0.2) is 71.7 Å². The summed E-state index contributed by atoms with van der Waals surface area (Å²) in [6, 6.07) is 5.77. The van der Waals surface area contributed by atoms with Crippen molar-refractivity contribution in [3.63, 3.8) is 0 Å². The van der Waals surface area contributed by atoms with E-state index in [4.69, 9.17) is 5.11 Å². The number of halogens is 1. The fraction of sp³-hybridized carbons (Fsp3) is 0.579. The summed E-state index contributed by atoms with van der Waals surface area (Å²) in [6.45, 7) is 3.22. The van der Waals surface area contributed by atoms with Crippen LogP contribution in [0.25, 0.3) is 0 Å². The average molecular weight is 378 g/mol. The molecule has 3 amide bonds. The van der Waals surface area contributed by atoms with Gasteiger partial charge < -0.3 is 20.6 Å². The number of aliphatic hydroxyl groups excluding tert-OH is 1. The zero-order valence-electron chi connectivity index (χ0n) is 15.4. The number of amides is 3. The molecule has 8 heteroatoms. The zero-order valence-corrected chi connectivity index (χ0v) is 15.4. The van der Waals surface area contributed by atoms with Crippen LogP contribution in [0, 0.1) is 5.82 Å². The number of carbonyl (C=O) groups is 2. The molecule has 0 spiro atoms. The largest absolute Gasteiger partial charge is 0.396 e. The summed E-state index contributed by atoms with van der Waals surface area (Å²) >= 11 is 0. The molecule has 148 valence electrons. The molecule has 2 aliphatic rings. The van der Waals surface area contributed by atoms with Gasteiger partial charge in [-0.3, -0.25) is 9.69 Å². The van der Waals surface area contributed by atoms with E-state index in [9.17, 15) is 14.0 Å². The number of rotatable bonds is 5. The zero-order chi connectivity index (χ0) is 19.2. The Morgan fingerprint density at radius 2 is 1.93 bits per heavy atom. The molecule has 0 aromatic heterocycles. The molecule has 0 saturated carbocycles. The first kappa shape index (κ1) is 19.6. The van der Waals surface area contributed by atoms with Gasteiger partial charge in [-0.2, -0.15) is 0 Å². The van der Waals surface area contributed by atoms with Gasteiger partial charge in [-0.05, 0) is 37.0 Å². The van der Waals surface area contributed by atoms with E-state index in [1.54, 1.807) is 12.1 Å². The second-order valence-electron chi connectivity index (χ2n) is 7.14. The van der Waals surface area contributed by atoms with E-state index >= 15 is 0 Å². The smallest absolute Gasteiger partial charge is 0.318 e. The van der Waals surface area contributed by atoms with E-state index in [0.29, 0.717) is 13.1 Å². The molecule has 0 aliphatic carbocycles. The number of carbonyl (C=O) groups excluding carboxylic acids is 2. The first-order valence-corrected chi connectivity index (χ1v) is 9.49. The van der Waals surface area contributed by atoms with Gasteiger partial charge in [0.1, 0.15) is 11.9 Å². The van der Waals surface area contributed by atoms with Crippen molar-refractivity contribution in [1.29, 1.82) is 0 Å². The molecule has 7 nitrogen and oxygen atoms in total. The van der Waals surface area contributed by atoms with Crippen LogP contribution >= 0.6 is 0 Å². The van der Waals surface area contributed by atoms with Gasteiger partial charge in [-0.25, -0.2) is 9.18 Å². The molecule has 0 bridgehead atoms. The predicted octanol–water partition coefficient (Wildman–Crippen LogP) is 0.682. The minimum Gasteiger partial charge on any atom is -0.396 e. The third-order valence-electron chi connectivity index (χ3n) is 5.23. The third-order valence-corrected chi connectivity index (χ3v) is 5.23. The lowest BCUT2D eigenvalue weighted by Crippen LogP contribution is -2.61. The van der Waals surface area contributed by atoms with Gasteiger partial charge in [0.25, 0.3) is 0 Å². The Hall–Kier alpha value is -2.19. The summed E-state index contributed by atoms with van der Waals surface area (Å²) in [5, 5.41) is 14.9. The average Bonchev–Trinajstić information content (AvgIpc) is 2.67. The highest BCUT2D eigenvalue weighted by molar-refractivity contribution is 5.88. The van der Waals surface area contributed by atoms with Gasteiger partial charge in [-0.1, -0.05) is 12.1 Å². The van der Waals surface area contributed by atoms with E-state index in [1.807, 2.05) is 0 Å². The van der Waals surface area contributed by atoms with Crippen molar-refractivity contribution in [2.24, 2.45) is 0 Å². The van der Waals surface area contributed by atoms with Gasteiger partial charge in [0, 0.05) is 45.4 Å². The second kappa shape index (κ2) is 9.14. The Labute approximate surface area is 158 Å². The SMILES string of the molecule is O=C1NCCN(C(=O)NC2CCN(Cc3ccc(F)cc3)CC2)[C@H]1CCO. The van der Waals surface area contributed by atoms with Gasteiger partial charge >= 0.3 is 6.03 Å². The maximum Gasteiger partial charge on any atom is 0.318 e. The van der Waals surface area contributed by atoms with Crippen LogP contribution < -0.4 is 10.6 Å². The van der Waals surface area contributed by atoms with Gasteiger partial charge in [0.05, 0.1) is 0 Å². The highest BCUT2D eigenvalue weighted by Gasteiger charge is 2.33. The standard InChI is InChI=1S/C19H27FN4O3/c20-15-3-1-14(2-4-15)13-23-9-5-16(6-10-23)22-19(27)24-11-8-21-18(26)17(24)7-12-25/h1-4,16-17,25H,5-13H2,(H,21,26)(H,22,27)/t17-/m0/s1. The van der Waals surface area contributed by atoms with Crippen molar-refractivity contribution in [2.75, 3.05) is 32.8 Å². The number of piperidine rings is 1. The van der Waals surface area contributed by atoms with Gasteiger partial charge in [-0.15, -0.1) is 0 Å². The van der Waals surface area contributed by atoms with E-state index in [2.05, 4.69) is 15.5 Å². The molecule has 1 atom stereocenters. The summed E-state index contributed by atoms with van der Waals surface area (Å²) in [5.41, 5.74) is 1.07. The van der Waals surface area contributed by atoms with Crippen LogP contribution in [0.1, 0.15) is 24.8 Å². The maximum atomic E-state index is 13.0. The molecule has 0 unspecified atom stereocenters. The Morgan fingerprint density at radius 1 is 1.22 bits per heavy atom. The molecule has 2 heterocycles. The highest BCUT2D eigenvalue weighted by atomic mass is 19.1. The number of piperazine rings is 1. The summed E-state index contributed by atoms with van der Waals surface area (Å²) in [5.74, 6) is -0.439. The van der Waals surface area contributed by atoms with Crippen molar-refractivity contribution in [3.05, 3.63) is 35.6 Å². The summed E-state index contributed by atoms with van der Waals surface area (Å²) in [7, 11) is 0. The van der Waals surface area contributed by atoms with E-state index in [-0.39, 0.29) is 36.8 Å². The van der Waals surface area contributed by atoms with Crippen molar-refractivity contribution in [1.82, 2.24) is 20.4 Å². The number of likely N-dealkylation sites (tertiary alicyclic amines) is 1. The molecular weight excluding hydrogens is 351 g/mol. The Kier molecular flexibility index (Phi) is 6.63. The Balaban J connectivity index is 1.47. The van der Waals surface area contributed by atoms with Crippen LogP contribution in [0.5, 0.6) is 0 Å². The molecule has 27 heavy (non-hydrogen) atoms. The third kappa shape index (κ3) is 5.17.